The lowest BCUT2D eigenvalue weighted by Crippen LogP contribution is -2.32. The molecule has 0 aliphatic carbocycles. The molecule has 0 bridgehead atoms. The van der Waals surface area contributed by atoms with Gasteiger partial charge in [0.25, 0.3) is 0 Å². The third kappa shape index (κ3) is 6.57. The van der Waals surface area contributed by atoms with Gasteiger partial charge in [-0.25, -0.2) is 13.1 Å². The first-order valence-corrected chi connectivity index (χ1v) is 5.78. The molecule has 0 aromatic rings. The van der Waals surface area contributed by atoms with Gasteiger partial charge in [0.15, 0.2) is 0 Å². The number of aliphatic hydroxyl groups excluding tert-OH is 1. The second kappa shape index (κ2) is 5.50. The van der Waals surface area contributed by atoms with Gasteiger partial charge >= 0.3 is 0 Å². The summed E-state index contributed by atoms with van der Waals surface area (Å²) in [6.45, 7) is 3.58. The molecule has 0 saturated heterocycles. The summed E-state index contributed by atoms with van der Waals surface area (Å²) in [6.07, 6.45) is 0.895. The van der Waals surface area contributed by atoms with E-state index < -0.39 is 16.1 Å². The number of unbranched alkanes of at least 4 members (excludes halogenated alkanes) is 1. The molecule has 0 aliphatic heterocycles. The summed E-state index contributed by atoms with van der Waals surface area (Å²) in [6, 6.07) is 0. The molecule has 0 spiro atoms. The number of hydrogen-bond acceptors (Lipinski definition) is 3. The first kappa shape index (κ1) is 11.9. The molecule has 1 atom stereocenters. The molecule has 4 nitrogen and oxygen atoms in total. The average molecular weight is 195 g/mol. The largest absolute Gasteiger partial charge is 0.392 e. The topological polar surface area (TPSA) is 66.4 Å². The van der Waals surface area contributed by atoms with Crippen molar-refractivity contribution in [1.29, 1.82) is 0 Å². The molecule has 0 radical (unpaired) electrons. The Balaban J connectivity index is 3.73. The summed E-state index contributed by atoms with van der Waals surface area (Å²) < 4.78 is 24.5. The van der Waals surface area contributed by atoms with Gasteiger partial charge < -0.3 is 5.11 Å². The highest BCUT2D eigenvalue weighted by atomic mass is 32.2. The van der Waals surface area contributed by atoms with Crippen LogP contribution in [0.15, 0.2) is 0 Å². The smallest absolute Gasteiger partial charge is 0.211 e. The van der Waals surface area contributed by atoms with Crippen LogP contribution >= 0.6 is 0 Å². The minimum absolute atomic E-state index is 0.103. The van der Waals surface area contributed by atoms with Crippen molar-refractivity contribution >= 4 is 10.0 Å². The van der Waals surface area contributed by atoms with Crippen molar-refractivity contribution in [2.45, 2.75) is 32.8 Å². The standard InChI is InChI=1S/C7H17NO3S/c1-3-4-5-12(10,11)8-6-7(2)9/h7-9H,3-6H2,1-2H3/t7-/m1/s1. The summed E-state index contributed by atoms with van der Waals surface area (Å²) in [5, 5.41) is 8.81. The maximum atomic E-state index is 11.1. The Labute approximate surface area is 74.0 Å². The molecule has 0 aromatic carbocycles. The minimum atomic E-state index is -3.15. The Kier molecular flexibility index (Phi) is 5.44. The highest BCUT2D eigenvalue weighted by Gasteiger charge is 2.09. The molecule has 0 aromatic heterocycles. The predicted molar refractivity (Wildman–Crippen MR) is 48.4 cm³/mol. The first-order valence-electron chi connectivity index (χ1n) is 4.13. The lowest BCUT2D eigenvalue weighted by atomic mass is 10.4. The number of aliphatic hydroxyl groups is 1. The monoisotopic (exact) mass is 195 g/mol. The van der Waals surface area contributed by atoms with E-state index in [-0.39, 0.29) is 12.3 Å². The summed E-state index contributed by atoms with van der Waals surface area (Å²) in [5.74, 6) is 0.149. The van der Waals surface area contributed by atoms with Crippen LogP contribution in [0.5, 0.6) is 0 Å². The summed E-state index contributed by atoms with van der Waals surface area (Å²) in [7, 11) is -3.15. The van der Waals surface area contributed by atoms with E-state index in [2.05, 4.69) is 4.72 Å². The highest BCUT2D eigenvalue weighted by molar-refractivity contribution is 7.89. The molecule has 74 valence electrons. The van der Waals surface area contributed by atoms with Crippen LogP contribution in [0, 0.1) is 0 Å². The molecule has 0 unspecified atom stereocenters. The molecule has 0 heterocycles. The Hall–Kier alpha value is -0.130. The lowest BCUT2D eigenvalue weighted by Gasteiger charge is -2.07. The van der Waals surface area contributed by atoms with Gasteiger partial charge in [0.2, 0.25) is 10.0 Å². The fourth-order valence-corrected chi connectivity index (χ4v) is 1.96. The van der Waals surface area contributed by atoms with Gasteiger partial charge in [0, 0.05) is 6.54 Å². The molecule has 2 N–H and O–H groups in total. The maximum absolute atomic E-state index is 11.1. The third-order valence-electron chi connectivity index (χ3n) is 1.37. The molecular weight excluding hydrogens is 178 g/mol. The van der Waals surface area contributed by atoms with E-state index in [0.717, 1.165) is 6.42 Å². The van der Waals surface area contributed by atoms with Crippen molar-refractivity contribution in [2.75, 3.05) is 12.3 Å². The Morgan fingerprint density at radius 3 is 2.50 bits per heavy atom. The van der Waals surface area contributed by atoms with Crippen LogP contribution in [0.2, 0.25) is 0 Å². The van der Waals surface area contributed by atoms with Gasteiger partial charge in [-0.2, -0.15) is 0 Å². The second-order valence-electron chi connectivity index (χ2n) is 2.87. The molecule has 5 heteroatoms. The Bertz CT molecular complexity index is 199. The SMILES string of the molecule is CCCCS(=O)(=O)NC[C@@H](C)O. The zero-order valence-electron chi connectivity index (χ0n) is 7.58. The van der Waals surface area contributed by atoms with Crippen molar-refractivity contribution in [3.8, 4) is 0 Å². The summed E-state index contributed by atoms with van der Waals surface area (Å²) in [5.41, 5.74) is 0. The minimum Gasteiger partial charge on any atom is -0.392 e. The molecule has 0 saturated carbocycles. The highest BCUT2D eigenvalue weighted by Crippen LogP contribution is 1.93. The first-order chi connectivity index (χ1) is 5.48. The van der Waals surface area contributed by atoms with E-state index in [1.165, 1.54) is 0 Å². The van der Waals surface area contributed by atoms with Gasteiger partial charge in [0.1, 0.15) is 0 Å². The number of nitrogens with one attached hydrogen (secondary N) is 1. The van der Waals surface area contributed by atoms with E-state index in [9.17, 15) is 8.42 Å². The van der Waals surface area contributed by atoms with E-state index >= 15 is 0 Å². The van der Waals surface area contributed by atoms with Crippen LogP contribution in [0.25, 0.3) is 0 Å². The van der Waals surface area contributed by atoms with Crippen LogP contribution in [-0.2, 0) is 10.0 Å². The van der Waals surface area contributed by atoms with Gasteiger partial charge in [-0.05, 0) is 13.3 Å². The van der Waals surface area contributed by atoms with E-state index in [1.807, 2.05) is 6.92 Å². The van der Waals surface area contributed by atoms with Gasteiger partial charge in [0.05, 0.1) is 11.9 Å². The maximum Gasteiger partial charge on any atom is 0.211 e. The zero-order valence-corrected chi connectivity index (χ0v) is 8.39. The second-order valence-corrected chi connectivity index (χ2v) is 4.80. The molecule has 0 fully saturated rings. The number of sulfonamides is 1. The van der Waals surface area contributed by atoms with Gasteiger partial charge in [-0.15, -0.1) is 0 Å². The predicted octanol–water partition coefficient (Wildman–Crippen LogP) is 0.0867. The fourth-order valence-electron chi connectivity index (χ4n) is 0.654. The lowest BCUT2D eigenvalue weighted by molar-refractivity contribution is 0.198. The number of hydrogen-bond donors (Lipinski definition) is 2. The van der Waals surface area contributed by atoms with Gasteiger partial charge in [-0.1, -0.05) is 13.3 Å². The normalized spacial score (nSPS) is 14.6. The zero-order chi connectivity index (χ0) is 9.61. The third-order valence-corrected chi connectivity index (χ3v) is 2.80. The van der Waals surface area contributed by atoms with E-state index in [1.54, 1.807) is 6.92 Å². The van der Waals surface area contributed by atoms with Crippen LogP contribution in [-0.4, -0.2) is 31.9 Å². The van der Waals surface area contributed by atoms with Crippen LogP contribution < -0.4 is 4.72 Å². The van der Waals surface area contributed by atoms with Crippen molar-refractivity contribution in [3.05, 3.63) is 0 Å². The molecule has 0 aliphatic rings. The van der Waals surface area contributed by atoms with Crippen LogP contribution in [0.1, 0.15) is 26.7 Å². The average Bonchev–Trinajstić information content (AvgIpc) is 1.98. The van der Waals surface area contributed by atoms with Crippen LogP contribution in [0.3, 0.4) is 0 Å². The fraction of sp³-hybridized carbons (Fsp3) is 1.00. The molecule has 0 amide bonds. The van der Waals surface area contributed by atoms with E-state index in [0.29, 0.717) is 6.42 Å². The van der Waals surface area contributed by atoms with Crippen molar-refractivity contribution in [1.82, 2.24) is 4.72 Å². The molecular formula is C7H17NO3S. The molecule has 0 rings (SSSR count). The van der Waals surface area contributed by atoms with Crippen molar-refractivity contribution in [3.63, 3.8) is 0 Å². The molecule has 12 heavy (non-hydrogen) atoms. The Morgan fingerprint density at radius 1 is 1.50 bits per heavy atom. The quantitative estimate of drug-likeness (QED) is 0.631. The van der Waals surface area contributed by atoms with Crippen molar-refractivity contribution < 1.29 is 13.5 Å². The Morgan fingerprint density at radius 2 is 2.08 bits per heavy atom. The van der Waals surface area contributed by atoms with Gasteiger partial charge in [-0.3, -0.25) is 0 Å². The van der Waals surface area contributed by atoms with Crippen molar-refractivity contribution in [2.24, 2.45) is 0 Å². The van der Waals surface area contributed by atoms with E-state index in [4.69, 9.17) is 5.11 Å². The summed E-state index contributed by atoms with van der Waals surface area (Å²) in [4.78, 5) is 0. The number of rotatable bonds is 6. The van der Waals surface area contributed by atoms with Crippen LogP contribution in [0.4, 0.5) is 0 Å². The summed E-state index contributed by atoms with van der Waals surface area (Å²) >= 11 is 0.